The number of hydrogen-bond donors (Lipinski definition) is 0. The molecule has 3 rings (SSSR count). The summed E-state index contributed by atoms with van der Waals surface area (Å²) in [5.41, 5.74) is 1.39. The Kier molecular flexibility index (Phi) is 5.72. The second kappa shape index (κ2) is 7.81. The number of benzene rings is 1. The van der Waals surface area contributed by atoms with Gasteiger partial charge >= 0.3 is 0 Å². The molecule has 136 valence electrons. The van der Waals surface area contributed by atoms with E-state index in [0.717, 1.165) is 38.9 Å². The molecule has 0 radical (unpaired) electrons. The molecule has 0 bridgehead atoms. The van der Waals surface area contributed by atoms with Crippen LogP contribution in [-0.4, -0.2) is 52.8 Å². The van der Waals surface area contributed by atoms with Crippen LogP contribution in [0.25, 0.3) is 0 Å². The molecule has 2 aliphatic rings. The van der Waals surface area contributed by atoms with E-state index in [9.17, 15) is 9.59 Å². The molecule has 0 saturated carbocycles. The second-order valence-electron chi connectivity index (χ2n) is 7.44. The molecular formula is C20H28N2O2S. The molecular weight excluding hydrogens is 332 g/mol. The van der Waals surface area contributed by atoms with Gasteiger partial charge < -0.3 is 9.80 Å². The molecule has 5 heteroatoms. The van der Waals surface area contributed by atoms with Gasteiger partial charge in [-0.15, -0.1) is 0 Å². The lowest BCUT2D eigenvalue weighted by Gasteiger charge is -2.47. The third-order valence-electron chi connectivity index (χ3n) is 5.80. The highest BCUT2D eigenvalue weighted by Crippen LogP contribution is 2.40. The summed E-state index contributed by atoms with van der Waals surface area (Å²) in [6, 6.07) is 10.2. The van der Waals surface area contributed by atoms with Crippen molar-refractivity contribution in [1.29, 1.82) is 0 Å². The first-order valence-electron chi connectivity index (χ1n) is 9.16. The van der Waals surface area contributed by atoms with Crippen LogP contribution in [0.3, 0.4) is 0 Å². The molecule has 2 heterocycles. The maximum Gasteiger partial charge on any atom is 0.235 e. The van der Waals surface area contributed by atoms with Crippen LogP contribution in [0, 0.1) is 5.41 Å². The summed E-state index contributed by atoms with van der Waals surface area (Å²) in [5, 5.41) is 0.0385. The molecule has 2 amide bonds. The quantitative estimate of drug-likeness (QED) is 0.828. The minimum atomic E-state index is 0.0385. The van der Waals surface area contributed by atoms with E-state index >= 15 is 0 Å². The van der Waals surface area contributed by atoms with Crippen molar-refractivity contribution in [2.24, 2.45) is 5.41 Å². The van der Waals surface area contributed by atoms with Gasteiger partial charge in [0.2, 0.25) is 11.8 Å². The highest BCUT2D eigenvalue weighted by atomic mass is 32.2. The van der Waals surface area contributed by atoms with Gasteiger partial charge in [-0.3, -0.25) is 9.59 Å². The van der Waals surface area contributed by atoms with Crippen LogP contribution in [-0.2, 0) is 16.1 Å². The van der Waals surface area contributed by atoms with Gasteiger partial charge in [-0.25, -0.2) is 0 Å². The number of rotatable bonds is 4. The molecule has 0 aliphatic carbocycles. The molecule has 0 aromatic heterocycles. The van der Waals surface area contributed by atoms with Gasteiger partial charge in [-0.1, -0.05) is 30.3 Å². The third-order valence-corrected chi connectivity index (χ3v) is 6.71. The molecule has 1 aromatic rings. The zero-order valence-electron chi connectivity index (χ0n) is 15.2. The van der Waals surface area contributed by atoms with Crippen LogP contribution >= 0.6 is 11.8 Å². The monoisotopic (exact) mass is 360 g/mol. The number of piperidine rings is 2. The normalized spacial score (nSPS) is 21.4. The van der Waals surface area contributed by atoms with E-state index in [1.807, 2.05) is 41.2 Å². The van der Waals surface area contributed by atoms with Crippen LogP contribution in [0.15, 0.2) is 30.3 Å². The smallest absolute Gasteiger partial charge is 0.235 e. The maximum absolute atomic E-state index is 12.4. The van der Waals surface area contributed by atoms with Crippen molar-refractivity contribution in [2.45, 2.75) is 44.4 Å². The molecule has 4 nitrogen and oxygen atoms in total. The zero-order chi connectivity index (χ0) is 17.9. The van der Waals surface area contributed by atoms with Gasteiger partial charge in [0.15, 0.2) is 0 Å². The van der Waals surface area contributed by atoms with Crippen LogP contribution in [0.5, 0.6) is 0 Å². The minimum Gasteiger partial charge on any atom is -0.342 e. The van der Waals surface area contributed by atoms with Gasteiger partial charge in [0.1, 0.15) is 0 Å². The molecule has 25 heavy (non-hydrogen) atoms. The van der Waals surface area contributed by atoms with Crippen molar-refractivity contribution in [1.82, 2.24) is 9.80 Å². The first-order chi connectivity index (χ1) is 12.0. The van der Waals surface area contributed by atoms with Crippen molar-refractivity contribution in [3.05, 3.63) is 35.9 Å². The Hall–Kier alpha value is -1.49. The number of thioether (sulfide) groups is 1. The van der Waals surface area contributed by atoms with Gasteiger partial charge in [-0.2, -0.15) is 11.8 Å². The highest BCUT2D eigenvalue weighted by Gasteiger charge is 2.41. The van der Waals surface area contributed by atoms with E-state index in [4.69, 9.17) is 0 Å². The van der Waals surface area contributed by atoms with E-state index in [1.54, 1.807) is 11.8 Å². The summed E-state index contributed by atoms with van der Waals surface area (Å²) in [6.07, 6.45) is 5.62. The van der Waals surface area contributed by atoms with E-state index in [0.29, 0.717) is 13.0 Å². The summed E-state index contributed by atoms with van der Waals surface area (Å²) in [5.74, 6) is 0.527. The predicted molar refractivity (Wildman–Crippen MR) is 102 cm³/mol. The Morgan fingerprint density at radius 2 is 1.88 bits per heavy atom. The number of carbonyl (C=O) groups excluding carboxylic acids is 2. The van der Waals surface area contributed by atoms with Crippen molar-refractivity contribution < 1.29 is 9.59 Å². The number of amides is 2. The topological polar surface area (TPSA) is 40.6 Å². The SMILES string of the molecule is CSC(C)C(=O)N1CCC2(CCC(=O)N(Cc3ccccc3)C2)CC1. The van der Waals surface area contributed by atoms with Crippen molar-refractivity contribution in [3.63, 3.8) is 0 Å². The van der Waals surface area contributed by atoms with Crippen LogP contribution in [0.2, 0.25) is 0 Å². The highest BCUT2D eigenvalue weighted by molar-refractivity contribution is 7.99. The van der Waals surface area contributed by atoms with Gasteiger partial charge in [0, 0.05) is 32.6 Å². The first kappa shape index (κ1) is 18.3. The lowest BCUT2D eigenvalue weighted by atomic mass is 9.72. The second-order valence-corrected chi connectivity index (χ2v) is 8.62. The molecule has 0 N–H and O–H groups in total. The van der Waals surface area contributed by atoms with E-state index < -0.39 is 0 Å². The van der Waals surface area contributed by atoms with Gasteiger partial charge in [0.25, 0.3) is 0 Å². The molecule has 1 unspecified atom stereocenters. The van der Waals surface area contributed by atoms with Crippen molar-refractivity contribution >= 4 is 23.6 Å². The first-order valence-corrected chi connectivity index (χ1v) is 10.5. The summed E-state index contributed by atoms with van der Waals surface area (Å²) in [7, 11) is 0. The number of carbonyl (C=O) groups is 2. The molecule has 1 atom stereocenters. The average molecular weight is 361 g/mol. The van der Waals surface area contributed by atoms with E-state index in [1.165, 1.54) is 5.56 Å². The summed E-state index contributed by atoms with van der Waals surface area (Å²) in [4.78, 5) is 28.8. The maximum atomic E-state index is 12.4. The lowest BCUT2D eigenvalue weighted by molar-refractivity contribution is -0.142. The lowest BCUT2D eigenvalue weighted by Crippen LogP contribution is -2.52. The Labute approximate surface area is 154 Å². The summed E-state index contributed by atoms with van der Waals surface area (Å²) < 4.78 is 0. The van der Waals surface area contributed by atoms with E-state index in [2.05, 4.69) is 12.1 Å². The number of likely N-dealkylation sites (tertiary alicyclic amines) is 2. The minimum absolute atomic E-state index is 0.0385. The number of hydrogen-bond acceptors (Lipinski definition) is 3. The van der Waals surface area contributed by atoms with Gasteiger partial charge in [-0.05, 0) is 43.4 Å². The van der Waals surface area contributed by atoms with Crippen molar-refractivity contribution in [3.8, 4) is 0 Å². The molecule has 2 fully saturated rings. The Bertz CT molecular complexity index is 611. The van der Waals surface area contributed by atoms with E-state index in [-0.39, 0.29) is 22.5 Å². The molecule has 1 spiro atoms. The van der Waals surface area contributed by atoms with Gasteiger partial charge in [0.05, 0.1) is 5.25 Å². The Balaban J connectivity index is 1.61. The Morgan fingerprint density at radius 1 is 1.20 bits per heavy atom. The molecule has 2 saturated heterocycles. The zero-order valence-corrected chi connectivity index (χ0v) is 16.1. The standard InChI is InChI=1S/C20H28N2O2S/c1-16(25-2)19(24)21-12-10-20(11-13-21)9-8-18(23)22(15-20)14-17-6-4-3-5-7-17/h3-7,16H,8-15H2,1-2H3. The number of nitrogens with zero attached hydrogens (tertiary/aromatic N) is 2. The molecule has 1 aromatic carbocycles. The van der Waals surface area contributed by atoms with Crippen molar-refractivity contribution in [2.75, 3.05) is 25.9 Å². The average Bonchev–Trinajstić information content (AvgIpc) is 2.65. The summed E-state index contributed by atoms with van der Waals surface area (Å²) >= 11 is 1.61. The summed E-state index contributed by atoms with van der Waals surface area (Å²) in [6.45, 7) is 5.18. The van der Waals surface area contributed by atoms with Crippen LogP contribution in [0.1, 0.15) is 38.2 Å². The predicted octanol–water partition coefficient (Wildman–Crippen LogP) is 3.17. The fourth-order valence-electron chi connectivity index (χ4n) is 4.02. The fraction of sp³-hybridized carbons (Fsp3) is 0.600. The largest absolute Gasteiger partial charge is 0.342 e. The van der Waals surface area contributed by atoms with Crippen LogP contribution in [0.4, 0.5) is 0 Å². The fourth-order valence-corrected chi connectivity index (χ4v) is 4.37. The third kappa shape index (κ3) is 4.20. The Morgan fingerprint density at radius 3 is 2.52 bits per heavy atom. The van der Waals surface area contributed by atoms with Crippen LogP contribution < -0.4 is 0 Å². The molecule has 2 aliphatic heterocycles.